The fourth-order valence-corrected chi connectivity index (χ4v) is 2.51. The van der Waals surface area contributed by atoms with Gasteiger partial charge in [-0.15, -0.1) is 0 Å². The van der Waals surface area contributed by atoms with E-state index in [-0.39, 0.29) is 0 Å². The van der Waals surface area contributed by atoms with E-state index in [4.69, 9.17) is 9.26 Å². The molecule has 1 fully saturated rings. The molecule has 0 spiro atoms. The van der Waals surface area contributed by atoms with E-state index in [1.54, 1.807) is 0 Å². The molecule has 2 atom stereocenters. The Morgan fingerprint density at radius 2 is 2.20 bits per heavy atom. The van der Waals surface area contributed by atoms with Crippen molar-refractivity contribution in [3.05, 3.63) is 42.0 Å². The molecule has 2 heterocycles. The van der Waals surface area contributed by atoms with E-state index in [1.807, 2.05) is 30.3 Å². The third-order valence-electron chi connectivity index (χ3n) is 3.57. The molecule has 20 heavy (non-hydrogen) atoms. The van der Waals surface area contributed by atoms with Crippen molar-refractivity contribution in [2.45, 2.75) is 38.3 Å². The minimum atomic E-state index is 0.341. The molecule has 1 saturated heterocycles. The third kappa shape index (κ3) is 3.17. The van der Waals surface area contributed by atoms with E-state index in [0.29, 0.717) is 24.4 Å². The molecule has 1 aliphatic heterocycles. The van der Waals surface area contributed by atoms with Gasteiger partial charge in [0.15, 0.2) is 6.61 Å². The largest absolute Gasteiger partial charge is 0.485 e. The molecule has 1 N–H and O–H groups in total. The molecule has 0 bridgehead atoms. The van der Waals surface area contributed by atoms with Gasteiger partial charge in [0.1, 0.15) is 5.75 Å². The second-order valence-corrected chi connectivity index (χ2v) is 5.23. The fraction of sp³-hybridized carbons (Fsp3) is 0.467. The molecule has 0 amide bonds. The van der Waals surface area contributed by atoms with Crippen molar-refractivity contribution in [3.63, 3.8) is 0 Å². The summed E-state index contributed by atoms with van der Waals surface area (Å²) in [4.78, 5) is 4.45. The summed E-state index contributed by atoms with van der Waals surface area (Å²) in [6, 6.07) is 10.2. The van der Waals surface area contributed by atoms with Crippen molar-refractivity contribution in [2.24, 2.45) is 0 Å². The van der Waals surface area contributed by atoms with Crippen LogP contribution in [0.25, 0.3) is 0 Å². The molecule has 5 nitrogen and oxygen atoms in total. The van der Waals surface area contributed by atoms with E-state index in [2.05, 4.69) is 22.4 Å². The van der Waals surface area contributed by atoms with Crippen molar-refractivity contribution >= 4 is 0 Å². The van der Waals surface area contributed by atoms with Crippen LogP contribution in [0.1, 0.15) is 37.4 Å². The fourth-order valence-electron chi connectivity index (χ4n) is 2.51. The lowest BCUT2D eigenvalue weighted by Crippen LogP contribution is -2.34. The number of aromatic nitrogens is 2. The summed E-state index contributed by atoms with van der Waals surface area (Å²) < 4.78 is 11.0. The highest BCUT2D eigenvalue weighted by Gasteiger charge is 2.24. The summed E-state index contributed by atoms with van der Waals surface area (Å²) in [6.45, 7) is 3.53. The van der Waals surface area contributed by atoms with Crippen LogP contribution in [0.5, 0.6) is 5.75 Å². The first kappa shape index (κ1) is 13.1. The zero-order valence-corrected chi connectivity index (χ0v) is 11.6. The van der Waals surface area contributed by atoms with Crippen LogP contribution >= 0.6 is 0 Å². The monoisotopic (exact) mass is 273 g/mol. The number of hydrogen-bond donors (Lipinski definition) is 1. The molecule has 5 heteroatoms. The molecule has 1 aliphatic rings. The number of piperidine rings is 1. The molecular formula is C15H19N3O2. The van der Waals surface area contributed by atoms with Gasteiger partial charge in [0.2, 0.25) is 11.7 Å². The Labute approximate surface area is 118 Å². The summed E-state index contributed by atoms with van der Waals surface area (Å²) >= 11 is 0. The molecule has 1 aromatic carbocycles. The molecule has 106 valence electrons. The van der Waals surface area contributed by atoms with Gasteiger partial charge in [-0.25, -0.2) is 0 Å². The molecule has 2 aromatic rings. The van der Waals surface area contributed by atoms with Gasteiger partial charge in [-0.2, -0.15) is 4.98 Å². The average molecular weight is 273 g/mol. The van der Waals surface area contributed by atoms with Crippen LogP contribution in [0.2, 0.25) is 0 Å². The van der Waals surface area contributed by atoms with E-state index >= 15 is 0 Å². The number of hydrogen-bond acceptors (Lipinski definition) is 5. The number of nitrogens with zero attached hydrogens (tertiary/aromatic N) is 2. The van der Waals surface area contributed by atoms with Gasteiger partial charge in [0.25, 0.3) is 0 Å². The predicted octanol–water partition coefficient (Wildman–Crippen LogP) is 2.50. The molecule has 1 aromatic heterocycles. The Morgan fingerprint density at radius 3 is 3.00 bits per heavy atom. The van der Waals surface area contributed by atoms with Crippen molar-refractivity contribution < 1.29 is 9.26 Å². The molecule has 0 saturated carbocycles. The maximum absolute atomic E-state index is 5.62. The van der Waals surface area contributed by atoms with E-state index in [0.717, 1.165) is 31.0 Å². The normalized spacial score (nSPS) is 22.6. The Morgan fingerprint density at radius 1 is 1.35 bits per heavy atom. The van der Waals surface area contributed by atoms with Gasteiger partial charge < -0.3 is 14.6 Å². The Balaban J connectivity index is 1.59. The molecule has 3 rings (SSSR count). The molecule has 0 aliphatic carbocycles. The third-order valence-corrected chi connectivity index (χ3v) is 3.57. The van der Waals surface area contributed by atoms with Crippen molar-refractivity contribution in [1.29, 1.82) is 0 Å². The highest BCUT2D eigenvalue weighted by molar-refractivity contribution is 5.20. The number of rotatable bonds is 4. The van der Waals surface area contributed by atoms with Crippen LogP contribution in [0.3, 0.4) is 0 Å². The average Bonchev–Trinajstić information content (AvgIpc) is 2.95. The number of para-hydroxylation sites is 1. The minimum Gasteiger partial charge on any atom is -0.485 e. The van der Waals surface area contributed by atoms with Crippen LogP contribution in [0, 0.1) is 0 Å². The summed E-state index contributed by atoms with van der Waals surface area (Å²) in [6.07, 6.45) is 2.09. The quantitative estimate of drug-likeness (QED) is 0.927. The van der Waals surface area contributed by atoms with Crippen LogP contribution in [-0.4, -0.2) is 22.7 Å². The first-order valence-corrected chi connectivity index (χ1v) is 7.05. The molecule has 0 unspecified atom stereocenters. The summed E-state index contributed by atoms with van der Waals surface area (Å²) in [5, 5.41) is 7.42. The van der Waals surface area contributed by atoms with Crippen molar-refractivity contribution in [1.82, 2.24) is 15.5 Å². The van der Waals surface area contributed by atoms with Gasteiger partial charge in [0.05, 0.1) is 0 Å². The number of ether oxygens (including phenoxy) is 1. The second kappa shape index (κ2) is 6.05. The van der Waals surface area contributed by atoms with Crippen LogP contribution in [0.4, 0.5) is 0 Å². The van der Waals surface area contributed by atoms with Gasteiger partial charge in [-0.05, 0) is 38.4 Å². The van der Waals surface area contributed by atoms with E-state index in [1.165, 1.54) is 0 Å². The summed E-state index contributed by atoms with van der Waals surface area (Å²) in [5.41, 5.74) is 0. The van der Waals surface area contributed by atoms with Gasteiger partial charge in [-0.3, -0.25) is 0 Å². The maximum atomic E-state index is 5.62. The van der Waals surface area contributed by atoms with Crippen molar-refractivity contribution in [3.8, 4) is 5.75 Å². The second-order valence-electron chi connectivity index (χ2n) is 5.23. The van der Waals surface area contributed by atoms with Crippen LogP contribution in [0.15, 0.2) is 34.9 Å². The van der Waals surface area contributed by atoms with Crippen LogP contribution in [-0.2, 0) is 6.61 Å². The van der Waals surface area contributed by atoms with E-state index < -0.39 is 0 Å². The first-order valence-electron chi connectivity index (χ1n) is 7.05. The Hall–Kier alpha value is -1.88. The topological polar surface area (TPSA) is 60.2 Å². The lowest BCUT2D eigenvalue weighted by Gasteiger charge is -2.25. The first-order chi connectivity index (χ1) is 9.81. The number of nitrogens with one attached hydrogen (secondary N) is 1. The Bertz CT molecular complexity index is 541. The molecular weight excluding hydrogens is 254 g/mol. The van der Waals surface area contributed by atoms with Gasteiger partial charge >= 0.3 is 0 Å². The van der Waals surface area contributed by atoms with Gasteiger partial charge in [-0.1, -0.05) is 23.4 Å². The smallest absolute Gasteiger partial charge is 0.229 e. The standard InChI is InChI=1S/C15H19N3O2/c1-11-9-12(7-8-16-11)15-17-14(18-20-15)10-19-13-5-3-2-4-6-13/h2-6,11-12,16H,7-10H2,1H3/t11-,12-/m0/s1. The Kier molecular flexibility index (Phi) is 3.97. The van der Waals surface area contributed by atoms with E-state index in [9.17, 15) is 0 Å². The number of benzene rings is 1. The minimum absolute atomic E-state index is 0.341. The lowest BCUT2D eigenvalue weighted by molar-refractivity contribution is 0.276. The predicted molar refractivity (Wildman–Crippen MR) is 74.5 cm³/mol. The van der Waals surface area contributed by atoms with Crippen LogP contribution < -0.4 is 10.1 Å². The van der Waals surface area contributed by atoms with Crippen molar-refractivity contribution in [2.75, 3.05) is 6.54 Å². The lowest BCUT2D eigenvalue weighted by atomic mass is 9.93. The zero-order valence-electron chi connectivity index (χ0n) is 11.6. The zero-order chi connectivity index (χ0) is 13.8. The maximum Gasteiger partial charge on any atom is 0.229 e. The summed E-state index contributed by atoms with van der Waals surface area (Å²) in [5.74, 6) is 2.53. The highest BCUT2D eigenvalue weighted by atomic mass is 16.5. The highest BCUT2D eigenvalue weighted by Crippen LogP contribution is 2.26. The summed E-state index contributed by atoms with van der Waals surface area (Å²) in [7, 11) is 0. The SMILES string of the molecule is C[C@H]1C[C@@H](c2nc(COc3ccccc3)no2)CCN1. The van der Waals surface area contributed by atoms with Gasteiger partial charge in [0, 0.05) is 12.0 Å². The molecule has 0 radical (unpaired) electrons.